The van der Waals surface area contributed by atoms with Crippen LogP contribution in [0.15, 0.2) is 0 Å². The van der Waals surface area contributed by atoms with E-state index in [1.807, 2.05) is 0 Å². The standard InChI is InChI=1S/C5H6Br2O3S/c6-3-1-11(9,10)2-4(7)5(3)8/h3-4H,1-2H2/t3-,4-/m1/s1. The van der Waals surface area contributed by atoms with Crippen LogP contribution in [0.2, 0.25) is 0 Å². The maximum absolute atomic E-state index is 11.1. The molecule has 6 heteroatoms. The van der Waals surface area contributed by atoms with E-state index in [1.165, 1.54) is 0 Å². The number of carbonyl (C=O) groups excluding carboxylic acids is 1. The molecule has 1 aliphatic heterocycles. The summed E-state index contributed by atoms with van der Waals surface area (Å²) in [5, 5.41) is 0. The highest BCUT2D eigenvalue weighted by Gasteiger charge is 2.36. The lowest BCUT2D eigenvalue weighted by Crippen LogP contribution is -2.41. The third kappa shape index (κ3) is 2.26. The van der Waals surface area contributed by atoms with Crippen molar-refractivity contribution in [2.45, 2.75) is 9.65 Å². The Hall–Kier alpha value is 0.580. The fraction of sp³-hybridized carbons (Fsp3) is 0.800. The third-order valence-corrected chi connectivity index (χ3v) is 5.51. The number of alkyl halides is 2. The van der Waals surface area contributed by atoms with Gasteiger partial charge in [0.25, 0.3) is 0 Å². The van der Waals surface area contributed by atoms with Crippen LogP contribution in [0, 0.1) is 0 Å². The van der Waals surface area contributed by atoms with E-state index in [4.69, 9.17) is 0 Å². The Kier molecular flexibility index (Phi) is 2.76. The summed E-state index contributed by atoms with van der Waals surface area (Å²) in [5.41, 5.74) is 0. The molecule has 3 nitrogen and oxygen atoms in total. The van der Waals surface area contributed by atoms with Crippen molar-refractivity contribution in [1.82, 2.24) is 0 Å². The number of halogens is 2. The number of hydrogen-bond donors (Lipinski definition) is 0. The van der Waals surface area contributed by atoms with Gasteiger partial charge in [0, 0.05) is 0 Å². The van der Waals surface area contributed by atoms with Gasteiger partial charge in [-0.1, -0.05) is 31.9 Å². The number of sulfone groups is 1. The van der Waals surface area contributed by atoms with E-state index in [-0.39, 0.29) is 17.3 Å². The molecule has 1 rings (SSSR count). The van der Waals surface area contributed by atoms with Crippen molar-refractivity contribution < 1.29 is 13.2 Å². The lowest BCUT2D eigenvalue weighted by atomic mass is 10.2. The fourth-order valence-electron chi connectivity index (χ4n) is 0.874. The summed E-state index contributed by atoms with van der Waals surface area (Å²) in [4.78, 5) is 9.98. The number of carbonyl (C=O) groups is 1. The largest absolute Gasteiger partial charge is 0.297 e. The number of rotatable bonds is 0. The first kappa shape index (κ1) is 9.67. The molecule has 0 aromatic rings. The second kappa shape index (κ2) is 3.14. The molecular formula is C5H6Br2O3S. The zero-order valence-electron chi connectivity index (χ0n) is 5.46. The van der Waals surface area contributed by atoms with Crippen LogP contribution in [-0.4, -0.2) is 35.4 Å². The molecule has 2 atom stereocenters. The van der Waals surface area contributed by atoms with E-state index < -0.39 is 19.5 Å². The summed E-state index contributed by atoms with van der Waals surface area (Å²) < 4.78 is 22.0. The average Bonchev–Trinajstić information content (AvgIpc) is 1.81. The van der Waals surface area contributed by atoms with Gasteiger partial charge >= 0.3 is 0 Å². The lowest BCUT2D eigenvalue weighted by molar-refractivity contribution is -0.117. The van der Waals surface area contributed by atoms with Crippen molar-refractivity contribution in [3.63, 3.8) is 0 Å². The summed E-state index contributed by atoms with van der Waals surface area (Å²) in [5.74, 6) is -0.234. The monoisotopic (exact) mass is 304 g/mol. The quantitative estimate of drug-likeness (QED) is 0.613. The molecule has 0 aromatic heterocycles. The normalized spacial score (nSPS) is 37.1. The van der Waals surface area contributed by atoms with Crippen LogP contribution >= 0.6 is 31.9 Å². The molecule has 1 fully saturated rings. The van der Waals surface area contributed by atoms with Crippen LogP contribution < -0.4 is 0 Å². The molecule has 0 bridgehead atoms. The Bertz CT molecular complexity index is 251. The smallest absolute Gasteiger partial charge is 0.162 e. The molecule has 0 radical (unpaired) electrons. The second-order valence-corrected chi connectivity index (χ2v) is 6.78. The maximum atomic E-state index is 11.1. The number of hydrogen-bond acceptors (Lipinski definition) is 3. The van der Waals surface area contributed by atoms with Gasteiger partial charge in [0.05, 0.1) is 21.2 Å². The Balaban J connectivity index is 2.87. The van der Waals surface area contributed by atoms with Crippen molar-refractivity contribution in [2.24, 2.45) is 0 Å². The Morgan fingerprint density at radius 3 is 1.91 bits per heavy atom. The molecule has 11 heavy (non-hydrogen) atoms. The van der Waals surface area contributed by atoms with Crippen molar-refractivity contribution in [3.8, 4) is 0 Å². The van der Waals surface area contributed by atoms with Gasteiger partial charge in [-0.2, -0.15) is 0 Å². The Morgan fingerprint density at radius 2 is 1.55 bits per heavy atom. The second-order valence-electron chi connectivity index (χ2n) is 2.41. The van der Waals surface area contributed by atoms with Crippen LogP contribution in [-0.2, 0) is 14.6 Å². The summed E-state index contributed by atoms with van der Waals surface area (Å²) in [6.45, 7) is 0. The zero-order chi connectivity index (χ0) is 8.65. The molecule has 1 aliphatic rings. The summed E-state index contributed by atoms with van der Waals surface area (Å²) in [6, 6.07) is 0. The first-order valence-electron chi connectivity index (χ1n) is 2.95. The van der Waals surface area contributed by atoms with Gasteiger partial charge in [-0.25, -0.2) is 8.42 Å². The highest BCUT2D eigenvalue weighted by atomic mass is 79.9. The van der Waals surface area contributed by atoms with Gasteiger partial charge in [-0.15, -0.1) is 0 Å². The molecule has 0 N–H and O–H groups in total. The predicted octanol–water partition coefficient (Wildman–Crippen LogP) is 0.511. The van der Waals surface area contributed by atoms with Crippen LogP contribution in [0.5, 0.6) is 0 Å². The van der Waals surface area contributed by atoms with Crippen LogP contribution in [0.3, 0.4) is 0 Å². The Labute approximate surface area is 81.7 Å². The zero-order valence-corrected chi connectivity index (χ0v) is 9.45. The van der Waals surface area contributed by atoms with Crippen LogP contribution in [0.4, 0.5) is 0 Å². The molecule has 1 heterocycles. The van der Waals surface area contributed by atoms with Crippen molar-refractivity contribution in [1.29, 1.82) is 0 Å². The SMILES string of the molecule is O=C1[C@H](Br)CS(=O)(=O)C[C@H]1Br. The molecule has 64 valence electrons. The van der Waals surface area contributed by atoms with E-state index in [2.05, 4.69) is 31.9 Å². The first-order chi connectivity index (χ1) is 4.92. The van der Waals surface area contributed by atoms with Crippen LogP contribution in [0.25, 0.3) is 0 Å². The van der Waals surface area contributed by atoms with E-state index in [0.717, 1.165) is 0 Å². The minimum atomic E-state index is -3.03. The Morgan fingerprint density at radius 1 is 1.18 bits per heavy atom. The topological polar surface area (TPSA) is 51.2 Å². The third-order valence-electron chi connectivity index (χ3n) is 1.42. The van der Waals surface area contributed by atoms with Gasteiger partial charge in [0.1, 0.15) is 0 Å². The minimum Gasteiger partial charge on any atom is -0.297 e. The summed E-state index contributed by atoms with van der Waals surface area (Å²) in [6.07, 6.45) is 0. The highest BCUT2D eigenvalue weighted by Crippen LogP contribution is 2.20. The molecule has 0 unspecified atom stereocenters. The molecule has 0 aromatic carbocycles. The number of ketones is 1. The molecular weight excluding hydrogens is 300 g/mol. The first-order valence-corrected chi connectivity index (χ1v) is 6.60. The molecule has 0 amide bonds. The van der Waals surface area contributed by atoms with Crippen molar-refractivity contribution in [3.05, 3.63) is 0 Å². The molecule has 0 spiro atoms. The maximum Gasteiger partial charge on any atom is 0.162 e. The van der Waals surface area contributed by atoms with E-state index in [9.17, 15) is 13.2 Å². The van der Waals surface area contributed by atoms with Gasteiger partial charge < -0.3 is 0 Å². The number of Topliss-reactive ketones (excluding diaryl/α,β-unsaturated/α-hetero) is 1. The van der Waals surface area contributed by atoms with Gasteiger partial charge in [-0.05, 0) is 0 Å². The predicted molar refractivity (Wildman–Crippen MR) is 49.1 cm³/mol. The highest BCUT2D eigenvalue weighted by molar-refractivity contribution is 9.10. The summed E-state index contributed by atoms with van der Waals surface area (Å²) in [7, 11) is -3.03. The van der Waals surface area contributed by atoms with Crippen molar-refractivity contribution in [2.75, 3.05) is 11.5 Å². The van der Waals surface area contributed by atoms with Gasteiger partial charge in [-0.3, -0.25) is 4.79 Å². The average molecular weight is 306 g/mol. The van der Waals surface area contributed by atoms with E-state index in [0.29, 0.717) is 0 Å². The van der Waals surface area contributed by atoms with Gasteiger partial charge in [0.2, 0.25) is 0 Å². The van der Waals surface area contributed by atoms with E-state index in [1.54, 1.807) is 0 Å². The minimum absolute atomic E-state index is 0.0755. The van der Waals surface area contributed by atoms with Crippen molar-refractivity contribution >= 4 is 47.5 Å². The van der Waals surface area contributed by atoms with E-state index >= 15 is 0 Å². The van der Waals surface area contributed by atoms with Crippen LogP contribution in [0.1, 0.15) is 0 Å². The summed E-state index contributed by atoms with van der Waals surface area (Å²) >= 11 is 6.02. The van der Waals surface area contributed by atoms with Gasteiger partial charge in [0.15, 0.2) is 15.6 Å². The molecule has 0 aliphatic carbocycles. The molecule has 1 saturated heterocycles. The fourth-order valence-corrected chi connectivity index (χ4v) is 5.64. The lowest BCUT2D eigenvalue weighted by Gasteiger charge is -2.19. The molecule has 0 saturated carbocycles.